The molecular weight excluding hydrogens is 186 g/mol. The Kier molecular flexibility index (Phi) is 2.70. The zero-order chi connectivity index (χ0) is 10.7. The zero-order valence-electron chi connectivity index (χ0n) is 8.35. The monoisotopic (exact) mass is 199 g/mol. The Morgan fingerprint density at radius 1 is 0.933 bits per heavy atom. The quantitative estimate of drug-likeness (QED) is 0.730. The first-order valence-corrected chi connectivity index (χ1v) is 4.85. The van der Waals surface area contributed by atoms with Gasteiger partial charge < -0.3 is 10.8 Å². The summed E-state index contributed by atoms with van der Waals surface area (Å²) in [5.41, 5.74) is 9.44. The third-order valence-corrected chi connectivity index (χ3v) is 2.30. The molecule has 0 amide bonds. The third-order valence-electron chi connectivity index (χ3n) is 2.30. The third kappa shape index (κ3) is 2.17. The van der Waals surface area contributed by atoms with Crippen molar-refractivity contribution in [2.75, 3.05) is 5.73 Å². The van der Waals surface area contributed by atoms with Gasteiger partial charge in [-0.2, -0.15) is 0 Å². The Morgan fingerprint density at radius 3 is 2.33 bits per heavy atom. The minimum atomic E-state index is 0.0187. The molecule has 0 saturated heterocycles. The van der Waals surface area contributed by atoms with E-state index in [1.54, 1.807) is 6.07 Å². The van der Waals surface area contributed by atoms with Crippen LogP contribution in [0.25, 0.3) is 11.1 Å². The molecule has 0 radical (unpaired) electrons. The van der Waals surface area contributed by atoms with Crippen molar-refractivity contribution in [3.8, 4) is 11.1 Å². The summed E-state index contributed by atoms with van der Waals surface area (Å²) in [5, 5.41) is 9.08. The van der Waals surface area contributed by atoms with Crippen LogP contribution in [0.15, 0.2) is 48.5 Å². The van der Waals surface area contributed by atoms with Crippen molar-refractivity contribution in [2.24, 2.45) is 0 Å². The van der Waals surface area contributed by atoms with E-state index in [9.17, 15) is 0 Å². The van der Waals surface area contributed by atoms with Crippen LogP contribution in [0, 0.1) is 0 Å². The molecule has 2 aromatic rings. The van der Waals surface area contributed by atoms with E-state index in [4.69, 9.17) is 10.8 Å². The highest BCUT2D eigenvalue weighted by molar-refractivity contribution is 5.68. The molecule has 0 spiro atoms. The fraction of sp³-hybridized carbons (Fsp3) is 0.0769. The standard InChI is InChI=1S/C13H13NO/c14-13-7-10(9-15)6-12(8-13)11-4-2-1-3-5-11/h1-8,15H,9,14H2. The summed E-state index contributed by atoms with van der Waals surface area (Å²) in [4.78, 5) is 0. The minimum Gasteiger partial charge on any atom is -0.399 e. The van der Waals surface area contributed by atoms with Crippen molar-refractivity contribution in [3.63, 3.8) is 0 Å². The van der Waals surface area contributed by atoms with Gasteiger partial charge in [0, 0.05) is 5.69 Å². The molecule has 0 aliphatic rings. The lowest BCUT2D eigenvalue weighted by Gasteiger charge is -2.05. The van der Waals surface area contributed by atoms with E-state index < -0.39 is 0 Å². The second-order valence-corrected chi connectivity index (χ2v) is 3.49. The molecule has 0 atom stereocenters. The number of aliphatic hydroxyl groups is 1. The number of benzene rings is 2. The number of nitrogens with two attached hydrogens (primary N) is 1. The maximum Gasteiger partial charge on any atom is 0.0682 e. The molecule has 0 aromatic heterocycles. The van der Waals surface area contributed by atoms with E-state index in [1.807, 2.05) is 42.5 Å². The van der Waals surface area contributed by atoms with E-state index in [2.05, 4.69) is 0 Å². The van der Waals surface area contributed by atoms with Gasteiger partial charge >= 0.3 is 0 Å². The van der Waals surface area contributed by atoms with Crippen molar-refractivity contribution >= 4 is 5.69 Å². The highest BCUT2D eigenvalue weighted by Crippen LogP contribution is 2.23. The van der Waals surface area contributed by atoms with Crippen molar-refractivity contribution in [2.45, 2.75) is 6.61 Å². The Hall–Kier alpha value is -1.80. The van der Waals surface area contributed by atoms with Crippen molar-refractivity contribution in [1.82, 2.24) is 0 Å². The summed E-state index contributed by atoms with van der Waals surface area (Å²) in [5.74, 6) is 0. The van der Waals surface area contributed by atoms with Gasteiger partial charge in [0.2, 0.25) is 0 Å². The number of anilines is 1. The number of nitrogen functional groups attached to an aromatic ring is 1. The molecule has 2 nitrogen and oxygen atoms in total. The average Bonchev–Trinajstić information content (AvgIpc) is 2.29. The van der Waals surface area contributed by atoms with Crippen LogP contribution < -0.4 is 5.73 Å². The maximum atomic E-state index is 9.08. The van der Waals surface area contributed by atoms with E-state index >= 15 is 0 Å². The molecular formula is C13H13NO. The van der Waals surface area contributed by atoms with E-state index in [0.717, 1.165) is 16.7 Å². The lowest BCUT2D eigenvalue weighted by Crippen LogP contribution is -1.91. The minimum absolute atomic E-state index is 0.0187. The van der Waals surface area contributed by atoms with Crippen LogP contribution in [0.1, 0.15) is 5.56 Å². The fourth-order valence-corrected chi connectivity index (χ4v) is 1.61. The fourth-order valence-electron chi connectivity index (χ4n) is 1.61. The van der Waals surface area contributed by atoms with E-state index in [-0.39, 0.29) is 6.61 Å². The summed E-state index contributed by atoms with van der Waals surface area (Å²) in [6, 6.07) is 15.6. The molecule has 0 unspecified atom stereocenters. The van der Waals surface area contributed by atoms with Crippen LogP contribution in [0.2, 0.25) is 0 Å². The summed E-state index contributed by atoms with van der Waals surface area (Å²) < 4.78 is 0. The van der Waals surface area contributed by atoms with Gasteiger partial charge in [-0.25, -0.2) is 0 Å². The van der Waals surface area contributed by atoms with Crippen LogP contribution in [0.3, 0.4) is 0 Å². The first kappa shape index (κ1) is 9.74. The number of hydrogen-bond donors (Lipinski definition) is 2. The molecule has 0 aliphatic carbocycles. The lowest BCUT2D eigenvalue weighted by atomic mass is 10.0. The largest absolute Gasteiger partial charge is 0.399 e. The summed E-state index contributed by atoms with van der Waals surface area (Å²) in [6.07, 6.45) is 0. The molecule has 15 heavy (non-hydrogen) atoms. The van der Waals surface area contributed by atoms with Crippen molar-refractivity contribution in [3.05, 3.63) is 54.1 Å². The number of hydrogen-bond acceptors (Lipinski definition) is 2. The van der Waals surface area contributed by atoms with Crippen LogP contribution in [-0.2, 0) is 6.61 Å². The SMILES string of the molecule is Nc1cc(CO)cc(-c2ccccc2)c1. The molecule has 0 aliphatic heterocycles. The Bertz CT molecular complexity index is 451. The normalized spacial score (nSPS) is 10.2. The van der Waals surface area contributed by atoms with Gasteiger partial charge in [-0.15, -0.1) is 0 Å². The number of aliphatic hydroxyl groups excluding tert-OH is 1. The highest BCUT2D eigenvalue weighted by atomic mass is 16.3. The van der Waals surface area contributed by atoms with E-state index in [0.29, 0.717) is 5.69 Å². The predicted octanol–water partition coefficient (Wildman–Crippen LogP) is 2.43. The summed E-state index contributed by atoms with van der Waals surface area (Å²) >= 11 is 0. The Labute approximate surface area is 89.0 Å². The Balaban J connectivity index is 2.49. The molecule has 0 bridgehead atoms. The molecule has 2 heteroatoms. The van der Waals surface area contributed by atoms with Gasteiger partial charge in [0.25, 0.3) is 0 Å². The molecule has 2 aromatic carbocycles. The van der Waals surface area contributed by atoms with Gasteiger partial charge in [-0.1, -0.05) is 30.3 Å². The van der Waals surface area contributed by atoms with Crippen molar-refractivity contribution in [1.29, 1.82) is 0 Å². The van der Waals surface area contributed by atoms with Gasteiger partial charge in [0.15, 0.2) is 0 Å². The molecule has 2 rings (SSSR count). The number of rotatable bonds is 2. The average molecular weight is 199 g/mol. The summed E-state index contributed by atoms with van der Waals surface area (Å²) in [6.45, 7) is 0.0187. The molecule has 0 heterocycles. The predicted molar refractivity (Wildman–Crippen MR) is 62.2 cm³/mol. The van der Waals surface area contributed by atoms with Gasteiger partial charge in [0.1, 0.15) is 0 Å². The molecule has 0 saturated carbocycles. The van der Waals surface area contributed by atoms with Crippen LogP contribution in [0.4, 0.5) is 5.69 Å². The van der Waals surface area contributed by atoms with Gasteiger partial charge in [-0.05, 0) is 34.9 Å². The maximum absolute atomic E-state index is 9.08. The smallest absolute Gasteiger partial charge is 0.0682 e. The van der Waals surface area contributed by atoms with Crippen LogP contribution in [0.5, 0.6) is 0 Å². The molecule has 3 N–H and O–H groups in total. The van der Waals surface area contributed by atoms with Gasteiger partial charge in [-0.3, -0.25) is 0 Å². The van der Waals surface area contributed by atoms with E-state index in [1.165, 1.54) is 0 Å². The first-order valence-electron chi connectivity index (χ1n) is 4.85. The van der Waals surface area contributed by atoms with Crippen LogP contribution in [-0.4, -0.2) is 5.11 Å². The van der Waals surface area contributed by atoms with Crippen LogP contribution >= 0.6 is 0 Å². The zero-order valence-corrected chi connectivity index (χ0v) is 8.35. The molecule has 76 valence electrons. The summed E-state index contributed by atoms with van der Waals surface area (Å²) in [7, 11) is 0. The first-order chi connectivity index (χ1) is 7.29. The molecule has 0 fully saturated rings. The lowest BCUT2D eigenvalue weighted by molar-refractivity contribution is 0.282. The van der Waals surface area contributed by atoms with Crippen molar-refractivity contribution < 1.29 is 5.11 Å². The second kappa shape index (κ2) is 4.15. The Morgan fingerprint density at radius 2 is 1.67 bits per heavy atom. The highest BCUT2D eigenvalue weighted by Gasteiger charge is 2.00. The topological polar surface area (TPSA) is 46.2 Å². The van der Waals surface area contributed by atoms with Gasteiger partial charge in [0.05, 0.1) is 6.61 Å². The second-order valence-electron chi connectivity index (χ2n) is 3.49.